The van der Waals surface area contributed by atoms with Gasteiger partial charge in [-0.15, -0.1) is 0 Å². The summed E-state index contributed by atoms with van der Waals surface area (Å²) in [7, 11) is 0. The Morgan fingerprint density at radius 3 is 2.80 bits per heavy atom. The number of nitrogens with zero attached hydrogens (tertiary/aromatic N) is 1. The fourth-order valence-corrected chi connectivity index (χ4v) is 2.48. The molecule has 0 aliphatic heterocycles. The van der Waals surface area contributed by atoms with E-state index in [-0.39, 0.29) is 11.7 Å². The molecule has 20 heavy (non-hydrogen) atoms. The van der Waals surface area contributed by atoms with E-state index in [1.54, 1.807) is 31.2 Å². The molecule has 1 aromatic heterocycles. The van der Waals surface area contributed by atoms with Gasteiger partial charge < -0.3 is 15.0 Å². The zero-order chi connectivity index (χ0) is 14.7. The Hall–Kier alpha value is -1.75. The van der Waals surface area contributed by atoms with Crippen molar-refractivity contribution >= 4 is 27.5 Å². The highest BCUT2D eigenvalue weighted by molar-refractivity contribution is 9.10. The first-order valence-corrected chi connectivity index (χ1v) is 7.27. The van der Waals surface area contributed by atoms with E-state index in [0.29, 0.717) is 11.4 Å². The van der Waals surface area contributed by atoms with Gasteiger partial charge in [0.2, 0.25) is 0 Å². The Bertz CT molecular complexity index is 635. The molecule has 1 amide bonds. The number of amides is 1. The molecule has 4 nitrogen and oxygen atoms in total. The maximum atomic E-state index is 12.3. The first-order valence-electron chi connectivity index (χ1n) is 6.48. The number of phenols is 1. The van der Waals surface area contributed by atoms with E-state index in [9.17, 15) is 9.90 Å². The fourth-order valence-electron chi connectivity index (χ4n) is 2.02. The molecule has 1 aromatic carbocycles. The lowest BCUT2D eigenvalue weighted by molar-refractivity contribution is 0.101. The van der Waals surface area contributed by atoms with Gasteiger partial charge in [-0.2, -0.15) is 0 Å². The minimum Gasteiger partial charge on any atom is -0.508 e. The van der Waals surface area contributed by atoms with Crippen LogP contribution < -0.4 is 5.32 Å². The molecule has 0 saturated heterocycles. The zero-order valence-electron chi connectivity index (χ0n) is 11.5. The molecule has 2 N–H and O–H groups in total. The second kappa shape index (κ2) is 6.13. The molecule has 0 aliphatic carbocycles. The van der Waals surface area contributed by atoms with Crippen molar-refractivity contribution in [3.8, 4) is 5.75 Å². The largest absolute Gasteiger partial charge is 0.508 e. The highest BCUT2D eigenvalue weighted by Crippen LogP contribution is 2.21. The average Bonchev–Trinajstić information content (AvgIpc) is 2.75. The van der Waals surface area contributed by atoms with E-state index in [2.05, 4.69) is 28.2 Å². The van der Waals surface area contributed by atoms with E-state index < -0.39 is 0 Å². The van der Waals surface area contributed by atoms with Gasteiger partial charge in [-0.25, -0.2) is 0 Å². The quantitative estimate of drug-likeness (QED) is 0.831. The van der Waals surface area contributed by atoms with Gasteiger partial charge in [-0.1, -0.05) is 6.92 Å². The second-order valence-corrected chi connectivity index (χ2v) is 5.61. The van der Waals surface area contributed by atoms with Crippen molar-refractivity contribution < 1.29 is 9.90 Å². The Balaban J connectivity index is 2.21. The van der Waals surface area contributed by atoms with Crippen LogP contribution in [-0.4, -0.2) is 15.6 Å². The molecule has 0 aliphatic rings. The number of carbonyl (C=O) groups is 1. The number of aromatic hydroxyl groups is 1. The van der Waals surface area contributed by atoms with Crippen LogP contribution in [0.4, 0.5) is 5.69 Å². The van der Waals surface area contributed by atoms with E-state index >= 15 is 0 Å². The van der Waals surface area contributed by atoms with Crippen LogP contribution in [0.5, 0.6) is 5.75 Å². The molecule has 0 unspecified atom stereocenters. The topological polar surface area (TPSA) is 54.3 Å². The van der Waals surface area contributed by atoms with Crippen LogP contribution in [-0.2, 0) is 6.54 Å². The van der Waals surface area contributed by atoms with Gasteiger partial charge in [0.15, 0.2) is 0 Å². The number of aromatic nitrogens is 1. The third kappa shape index (κ3) is 3.22. The number of nitrogens with one attached hydrogen (secondary N) is 1. The normalized spacial score (nSPS) is 10.6. The van der Waals surface area contributed by atoms with Crippen molar-refractivity contribution in [2.75, 3.05) is 5.32 Å². The summed E-state index contributed by atoms with van der Waals surface area (Å²) >= 11 is 3.39. The summed E-state index contributed by atoms with van der Waals surface area (Å²) in [5.41, 5.74) is 2.02. The number of hydrogen-bond acceptors (Lipinski definition) is 2. The highest BCUT2D eigenvalue weighted by atomic mass is 79.9. The summed E-state index contributed by atoms with van der Waals surface area (Å²) in [6, 6.07) is 6.81. The molecular weight excluding hydrogens is 320 g/mol. The number of halogens is 1. The second-order valence-electron chi connectivity index (χ2n) is 4.69. The van der Waals surface area contributed by atoms with Gasteiger partial charge in [0.1, 0.15) is 11.4 Å². The minimum absolute atomic E-state index is 0.158. The van der Waals surface area contributed by atoms with Crippen LogP contribution in [0.2, 0.25) is 0 Å². The van der Waals surface area contributed by atoms with Gasteiger partial charge >= 0.3 is 0 Å². The number of rotatable bonds is 4. The van der Waals surface area contributed by atoms with Crippen LogP contribution in [0.3, 0.4) is 0 Å². The number of anilines is 1. The molecule has 0 atom stereocenters. The molecule has 0 radical (unpaired) electrons. The number of phenolic OH excluding ortho intramolecular Hbond substituents is 1. The minimum atomic E-state index is -0.158. The summed E-state index contributed by atoms with van der Waals surface area (Å²) < 4.78 is 2.81. The monoisotopic (exact) mass is 336 g/mol. The van der Waals surface area contributed by atoms with Gasteiger partial charge in [0, 0.05) is 22.9 Å². The third-order valence-corrected chi connectivity index (χ3v) is 3.45. The summed E-state index contributed by atoms with van der Waals surface area (Å²) in [5, 5.41) is 12.3. The van der Waals surface area contributed by atoms with Crippen molar-refractivity contribution in [1.29, 1.82) is 0 Å². The lowest BCUT2D eigenvalue weighted by Crippen LogP contribution is -2.16. The van der Waals surface area contributed by atoms with Gasteiger partial charge in [-0.05, 0) is 59.1 Å². The molecule has 106 valence electrons. The molecule has 0 saturated carbocycles. The Kier molecular flexibility index (Phi) is 4.49. The Morgan fingerprint density at radius 1 is 1.40 bits per heavy atom. The first kappa shape index (κ1) is 14.7. The van der Waals surface area contributed by atoms with E-state index in [0.717, 1.165) is 23.0 Å². The number of benzene rings is 1. The van der Waals surface area contributed by atoms with E-state index in [1.165, 1.54) is 0 Å². The van der Waals surface area contributed by atoms with Crippen LogP contribution in [0, 0.1) is 6.92 Å². The standard InChI is InChI=1S/C15H17BrN2O2/c1-3-6-18-9-11(16)8-13(18)15(20)17-12-4-5-14(19)10(2)7-12/h4-5,7-9,19H,3,6H2,1-2H3,(H,17,20). The van der Waals surface area contributed by atoms with Crippen LogP contribution in [0.1, 0.15) is 29.4 Å². The van der Waals surface area contributed by atoms with Gasteiger partial charge in [0.25, 0.3) is 5.91 Å². The van der Waals surface area contributed by atoms with E-state index in [1.807, 2.05) is 10.8 Å². The van der Waals surface area contributed by atoms with Gasteiger partial charge in [-0.3, -0.25) is 4.79 Å². The Labute approximate surface area is 126 Å². The number of carbonyl (C=O) groups excluding carboxylic acids is 1. The van der Waals surface area contributed by atoms with Crippen molar-refractivity contribution in [1.82, 2.24) is 4.57 Å². The summed E-state index contributed by atoms with van der Waals surface area (Å²) in [4.78, 5) is 12.3. The smallest absolute Gasteiger partial charge is 0.272 e. The Morgan fingerprint density at radius 2 is 2.15 bits per heavy atom. The molecule has 0 spiro atoms. The van der Waals surface area contributed by atoms with Crippen molar-refractivity contribution in [3.05, 3.63) is 46.2 Å². The molecule has 0 bridgehead atoms. The lowest BCUT2D eigenvalue weighted by Gasteiger charge is -2.09. The van der Waals surface area contributed by atoms with E-state index in [4.69, 9.17) is 0 Å². The van der Waals surface area contributed by atoms with Crippen LogP contribution in [0.15, 0.2) is 34.9 Å². The van der Waals surface area contributed by atoms with Crippen molar-refractivity contribution in [2.24, 2.45) is 0 Å². The lowest BCUT2D eigenvalue weighted by atomic mass is 10.2. The third-order valence-electron chi connectivity index (χ3n) is 3.02. The van der Waals surface area contributed by atoms with Crippen molar-refractivity contribution in [3.63, 3.8) is 0 Å². The summed E-state index contributed by atoms with van der Waals surface area (Å²) in [6.07, 6.45) is 2.86. The highest BCUT2D eigenvalue weighted by Gasteiger charge is 2.13. The SMILES string of the molecule is CCCn1cc(Br)cc1C(=O)Nc1ccc(O)c(C)c1. The average molecular weight is 337 g/mol. The molecule has 5 heteroatoms. The zero-order valence-corrected chi connectivity index (χ0v) is 13.1. The maximum Gasteiger partial charge on any atom is 0.272 e. The predicted molar refractivity (Wildman–Crippen MR) is 83.2 cm³/mol. The molecule has 2 rings (SSSR count). The molecule has 1 heterocycles. The number of hydrogen-bond donors (Lipinski definition) is 2. The first-order chi connectivity index (χ1) is 9.51. The maximum absolute atomic E-state index is 12.3. The molecule has 0 fully saturated rings. The molecule has 2 aromatic rings. The summed E-state index contributed by atoms with van der Waals surface area (Å²) in [5.74, 6) is 0.0642. The van der Waals surface area contributed by atoms with Gasteiger partial charge in [0.05, 0.1) is 0 Å². The number of aryl methyl sites for hydroxylation is 2. The predicted octanol–water partition coefficient (Wildman–Crippen LogP) is 3.93. The van der Waals surface area contributed by atoms with Crippen LogP contribution in [0.25, 0.3) is 0 Å². The van der Waals surface area contributed by atoms with Crippen molar-refractivity contribution in [2.45, 2.75) is 26.8 Å². The van der Waals surface area contributed by atoms with Crippen LogP contribution >= 0.6 is 15.9 Å². The fraction of sp³-hybridized carbons (Fsp3) is 0.267. The summed E-state index contributed by atoms with van der Waals surface area (Å²) in [6.45, 7) is 4.66. The molecular formula is C15H17BrN2O2.